The van der Waals surface area contributed by atoms with Crippen molar-refractivity contribution in [3.63, 3.8) is 0 Å². The van der Waals surface area contributed by atoms with Crippen molar-refractivity contribution in [2.24, 2.45) is 0 Å². The maximum absolute atomic E-state index is 4.92. The lowest BCUT2D eigenvalue weighted by Crippen LogP contribution is -2.74. The van der Waals surface area contributed by atoms with Crippen LogP contribution < -0.4 is 0 Å². The normalized spacial score (nSPS) is 31.3. The molecule has 2 bridgehead atoms. The van der Waals surface area contributed by atoms with Crippen LogP contribution in [0.2, 0.25) is 0 Å². The zero-order chi connectivity index (χ0) is 4.91. The van der Waals surface area contributed by atoms with Gasteiger partial charge in [-0.15, -0.1) is 0 Å². The highest BCUT2D eigenvalue weighted by Gasteiger charge is 2.67. The predicted octanol–water partition coefficient (Wildman–Crippen LogP) is 0.112. The van der Waals surface area contributed by atoms with E-state index in [0.717, 1.165) is 6.42 Å². The molecule has 0 radical (unpaired) electrons. The smallest absolute Gasteiger partial charge is 0.336 e. The Balaban J connectivity index is 2.03. The van der Waals surface area contributed by atoms with E-state index in [0.29, 0.717) is 0 Å². The molecule has 3 heterocycles. The first-order chi connectivity index (χ1) is 3.35. The Morgan fingerprint density at radius 1 is 1.43 bits per heavy atom. The summed E-state index contributed by atoms with van der Waals surface area (Å²) in [6, 6.07) is 0. The highest BCUT2D eigenvalue weighted by molar-refractivity contribution is 6.43. The fraction of sp³-hybridized carbons (Fsp3) is 1.00. The van der Waals surface area contributed by atoms with Crippen LogP contribution in [0.25, 0.3) is 0 Å². The van der Waals surface area contributed by atoms with E-state index in [1.807, 2.05) is 6.92 Å². The second-order valence-corrected chi connectivity index (χ2v) is 1.68. The first-order valence-corrected chi connectivity index (χ1v) is 2.38. The van der Waals surface area contributed by atoms with Gasteiger partial charge >= 0.3 is 7.32 Å². The summed E-state index contributed by atoms with van der Waals surface area (Å²) in [4.78, 5) is 0. The van der Waals surface area contributed by atoms with Crippen molar-refractivity contribution in [1.29, 1.82) is 0 Å². The molecule has 0 aromatic carbocycles. The molecule has 4 heteroatoms. The summed E-state index contributed by atoms with van der Waals surface area (Å²) in [7, 11) is -0.319. The zero-order valence-corrected chi connectivity index (χ0v) is 4.01. The number of rotatable bonds is 1. The zero-order valence-electron chi connectivity index (χ0n) is 4.01. The van der Waals surface area contributed by atoms with E-state index in [9.17, 15) is 0 Å². The Hall–Kier alpha value is -0.0551. The maximum atomic E-state index is 4.92. The van der Waals surface area contributed by atoms with Crippen molar-refractivity contribution >= 4 is 7.32 Å². The molecule has 38 valence electrons. The second-order valence-electron chi connectivity index (χ2n) is 1.68. The maximum Gasteiger partial charge on any atom is 0.650 e. The van der Waals surface area contributed by atoms with Crippen LogP contribution in [0.5, 0.6) is 0 Å². The average molecular weight is 99.9 g/mol. The van der Waals surface area contributed by atoms with E-state index >= 15 is 0 Å². The molecule has 0 aromatic rings. The molecule has 3 fully saturated rings. The van der Waals surface area contributed by atoms with Crippen LogP contribution in [-0.4, -0.2) is 13.3 Å². The molecular formula is C3H5BO3. The van der Waals surface area contributed by atoms with Gasteiger partial charge in [0.05, 0.1) is 0 Å². The Bertz CT molecular complexity index is 81.3. The highest BCUT2D eigenvalue weighted by atomic mass is 17.1. The van der Waals surface area contributed by atoms with E-state index in [1.165, 1.54) is 0 Å². The second kappa shape index (κ2) is 0.867. The van der Waals surface area contributed by atoms with Crippen LogP contribution in [0, 0.1) is 0 Å². The lowest BCUT2D eigenvalue weighted by atomic mass is 10.0. The van der Waals surface area contributed by atoms with Crippen LogP contribution in [0.1, 0.15) is 13.3 Å². The molecule has 0 amide bonds. The summed E-state index contributed by atoms with van der Waals surface area (Å²) < 4.78 is 14.8. The van der Waals surface area contributed by atoms with E-state index in [1.54, 1.807) is 0 Å². The lowest BCUT2D eigenvalue weighted by Gasteiger charge is -2.55. The molecule has 7 heavy (non-hydrogen) atoms. The van der Waals surface area contributed by atoms with Crippen molar-refractivity contribution in [1.82, 2.24) is 0 Å². The predicted molar refractivity (Wildman–Crippen MR) is 22.0 cm³/mol. The van der Waals surface area contributed by atoms with Crippen molar-refractivity contribution in [2.45, 2.75) is 19.3 Å². The van der Waals surface area contributed by atoms with Gasteiger partial charge in [-0.2, -0.15) is 0 Å². The summed E-state index contributed by atoms with van der Waals surface area (Å²) in [6.07, 6.45) is 0.781. The van der Waals surface area contributed by atoms with E-state index < -0.39 is 5.97 Å². The van der Waals surface area contributed by atoms with Crippen molar-refractivity contribution < 1.29 is 14.0 Å². The SMILES string of the molecule is CCC12OB(O1)O2. The van der Waals surface area contributed by atoms with Gasteiger partial charge in [-0.3, -0.25) is 0 Å². The third-order valence-corrected chi connectivity index (χ3v) is 1.26. The van der Waals surface area contributed by atoms with Crippen molar-refractivity contribution in [2.75, 3.05) is 0 Å². The minimum Gasteiger partial charge on any atom is -0.336 e. The van der Waals surface area contributed by atoms with E-state index in [2.05, 4.69) is 0 Å². The van der Waals surface area contributed by atoms with Gasteiger partial charge in [-0.1, -0.05) is 6.92 Å². The Morgan fingerprint density at radius 2 is 2.00 bits per heavy atom. The first-order valence-electron chi connectivity index (χ1n) is 2.38. The van der Waals surface area contributed by atoms with Crippen molar-refractivity contribution in [3.05, 3.63) is 0 Å². The standard InChI is InChI=1S/C3H5BO3/c1-2-3-5-4(6-3)7-3/h2H2,1H3. The van der Waals surface area contributed by atoms with Gasteiger partial charge in [0.1, 0.15) is 0 Å². The number of hydrogen-bond acceptors (Lipinski definition) is 3. The Labute approximate surface area is 41.7 Å². The van der Waals surface area contributed by atoms with Gasteiger partial charge in [0.2, 0.25) is 0 Å². The molecule has 3 saturated heterocycles. The van der Waals surface area contributed by atoms with Gasteiger partial charge in [0.25, 0.3) is 5.97 Å². The molecule has 3 aliphatic heterocycles. The fourth-order valence-corrected chi connectivity index (χ4v) is 0.716. The van der Waals surface area contributed by atoms with E-state index in [-0.39, 0.29) is 7.32 Å². The Morgan fingerprint density at radius 3 is 2.00 bits per heavy atom. The monoisotopic (exact) mass is 100 g/mol. The summed E-state index contributed by atoms with van der Waals surface area (Å²) >= 11 is 0. The van der Waals surface area contributed by atoms with Gasteiger partial charge in [0, 0.05) is 6.42 Å². The van der Waals surface area contributed by atoms with Crippen LogP contribution in [0.3, 0.4) is 0 Å². The molecule has 3 rings (SSSR count). The van der Waals surface area contributed by atoms with Crippen molar-refractivity contribution in [3.8, 4) is 0 Å². The summed E-state index contributed by atoms with van der Waals surface area (Å²) in [6.45, 7) is 1.95. The first kappa shape index (κ1) is 3.89. The van der Waals surface area contributed by atoms with Crippen LogP contribution >= 0.6 is 0 Å². The topological polar surface area (TPSA) is 27.7 Å². The molecule has 0 saturated carbocycles. The molecule has 0 aromatic heterocycles. The average Bonchev–Trinajstić information content (AvgIpc) is 1.25. The highest BCUT2D eigenvalue weighted by Crippen LogP contribution is 2.43. The van der Waals surface area contributed by atoms with Gasteiger partial charge in [-0.05, 0) is 0 Å². The minimum atomic E-state index is -0.593. The van der Waals surface area contributed by atoms with Crippen LogP contribution in [-0.2, 0) is 14.0 Å². The van der Waals surface area contributed by atoms with Gasteiger partial charge in [-0.25, -0.2) is 0 Å². The molecule has 0 N–H and O–H groups in total. The van der Waals surface area contributed by atoms with Gasteiger partial charge in [0.15, 0.2) is 0 Å². The third kappa shape index (κ3) is 0.287. The minimum absolute atomic E-state index is 0.319. The van der Waals surface area contributed by atoms with Gasteiger partial charge < -0.3 is 14.0 Å². The Kier molecular flexibility index (Phi) is 0.482. The lowest BCUT2D eigenvalue weighted by molar-refractivity contribution is -0.462. The molecule has 0 aliphatic carbocycles. The quantitative estimate of drug-likeness (QED) is 0.437. The van der Waals surface area contributed by atoms with Crippen LogP contribution in [0.15, 0.2) is 0 Å². The summed E-state index contributed by atoms with van der Waals surface area (Å²) in [5, 5.41) is 0. The summed E-state index contributed by atoms with van der Waals surface area (Å²) in [5.41, 5.74) is 0. The van der Waals surface area contributed by atoms with Crippen LogP contribution in [0.4, 0.5) is 0 Å². The molecular weight excluding hydrogens is 94.8 g/mol. The fourth-order valence-electron chi connectivity index (χ4n) is 0.716. The summed E-state index contributed by atoms with van der Waals surface area (Å²) in [5.74, 6) is -0.593. The largest absolute Gasteiger partial charge is 0.650 e. The molecule has 3 aliphatic rings. The number of hydrogen-bond donors (Lipinski definition) is 0. The third-order valence-electron chi connectivity index (χ3n) is 1.26. The molecule has 0 atom stereocenters. The van der Waals surface area contributed by atoms with E-state index in [4.69, 9.17) is 14.0 Å². The molecule has 0 unspecified atom stereocenters. The molecule has 0 spiro atoms. The molecule has 3 nitrogen and oxygen atoms in total.